The number of rotatable bonds is 0. The predicted octanol–water partition coefficient (Wildman–Crippen LogP) is 1.71. The molecule has 3 nitrogen and oxygen atoms in total. The van der Waals surface area contributed by atoms with E-state index in [-0.39, 0.29) is 0 Å². The maximum absolute atomic E-state index is 10.8. The molecule has 1 atom stereocenters. The van der Waals surface area contributed by atoms with E-state index < -0.39 is 17.4 Å². The summed E-state index contributed by atoms with van der Waals surface area (Å²) in [5.74, 6) is 5.54. The molecule has 1 aliphatic heterocycles. The molecule has 1 heterocycles. The lowest BCUT2D eigenvalue weighted by Crippen LogP contribution is -2.43. The SMILES string of the molecule is CC#CC1(C)OC(=O)OC1(C)C. The van der Waals surface area contributed by atoms with Crippen molar-refractivity contribution < 1.29 is 14.3 Å². The highest BCUT2D eigenvalue weighted by Gasteiger charge is 2.53. The van der Waals surface area contributed by atoms with Gasteiger partial charge in [0.15, 0.2) is 5.60 Å². The summed E-state index contributed by atoms with van der Waals surface area (Å²) in [4.78, 5) is 10.8. The van der Waals surface area contributed by atoms with Crippen molar-refractivity contribution >= 4 is 6.16 Å². The molecule has 0 aromatic rings. The molecule has 0 spiro atoms. The maximum atomic E-state index is 10.8. The first-order valence-corrected chi connectivity index (χ1v) is 3.77. The topological polar surface area (TPSA) is 35.5 Å². The number of hydrogen-bond donors (Lipinski definition) is 0. The zero-order valence-electron chi connectivity index (χ0n) is 7.72. The van der Waals surface area contributed by atoms with Crippen LogP contribution in [0.3, 0.4) is 0 Å². The molecular weight excluding hydrogens is 156 g/mol. The van der Waals surface area contributed by atoms with Gasteiger partial charge in [-0.2, -0.15) is 0 Å². The average molecular weight is 168 g/mol. The Morgan fingerprint density at radius 2 is 1.83 bits per heavy atom. The molecule has 0 saturated carbocycles. The fourth-order valence-corrected chi connectivity index (χ4v) is 1.03. The number of carbonyl (C=O) groups excluding carboxylic acids is 1. The van der Waals surface area contributed by atoms with Crippen LogP contribution in [0.1, 0.15) is 27.7 Å². The van der Waals surface area contributed by atoms with Gasteiger partial charge in [-0.05, 0) is 27.7 Å². The Kier molecular flexibility index (Phi) is 1.79. The zero-order chi connectivity index (χ0) is 9.41. The molecule has 1 fully saturated rings. The second-order valence-electron chi connectivity index (χ2n) is 3.37. The summed E-state index contributed by atoms with van der Waals surface area (Å²) in [6.07, 6.45) is -0.648. The summed E-state index contributed by atoms with van der Waals surface area (Å²) in [6, 6.07) is 0. The van der Waals surface area contributed by atoms with E-state index in [0.29, 0.717) is 0 Å². The zero-order valence-corrected chi connectivity index (χ0v) is 7.72. The summed E-state index contributed by atoms with van der Waals surface area (Å²) in [6.45, 7) is 7.01. The Morgan fingerprint density at radius 1 is 1.25 bits per heavy atom. The van der Waals surface area contributed by atoms with Crippen LogP contribution in [0.25, 0.3) is 0 Å². The smallest absolute Gasteiger partial charge is 0.423 e. The van der Waals surface area contributed by atoms with E-state index in [4.69, 9.17) is 9.47 Å². The van der Waals surface area contributed by atoms with Crippen molar-refractivity contribution in [1.82, 2.24) is 0 Å². The van der Waals surface area contributed by atoms with E-state index in [1.165, 1.54) is 0 Å². The standard InChI is InChI=1S/C9H12O3/c1-5-6-9(4)8(2,3)11-7(10)12-9/h1-4H3. The number of carbonyl (C=O) groups is 1. The second kappa shape index (κ2) is 2.41. The van der Waals surface area contributed by atoms with E-state index in [0.717, 1.165) is 0 Å². The van der Waals surface area contributed by atoms with Gasteiger partial charge >= 0.3 is 6.16 Å². The number of ether oxygens (including phenoxy) is 2. The molecular formula is C9H12O3. The largest absolute Gasteiger partial charge is 0.510 e. The molecule has 0 aliphatic carbocycles. The third-order valence-electron chi connectivity index (χ3n) is 2.14. The predicted molar refractivity (Wildman–Crippen MR) is 43.5 cm³/mol. The Labute approximate surface area is 72.0 Å². The van der Waals surface area contributed by atoms with Crippen LogP contribution < -0.4 is 0 Å². The molecule has 0 aromatic carbocycles. The van der Waals surface area contributed by atoms with Gasteiger partial charge in [-0.3, -0.25) is 0 Å². The van der Waals surface area contributed by atoms with Crippen LogP contribution in [-0.4, -0.2) is 17.4 Å². The van der Waals surface area contributed by atoms with E-state index in [2.05, 4.69) is 11.8 Å². The van der Waals surface area contributed by atoms with Gasteiger partial charge in [0.2, 0.25) is 5.60 Å². The Bertz CT molecular complexity index is 269. The number of cyclic esters (lactones) is 2. The first kappa shape index (κ1) is 8.92. The molecule has 66 valence electrons. The minimum absolute atomic E-state index is 0.648. The first-order valence-electron chi connectivity index (χ1n) is 3.77. The molecule has 0 amide bonds. The Hall–Kier alpha value is -1.17. The quantitative estimate of drug-likeness (QED) is 0.408. The van der Waals surface area contributed by atoms with Crippen LogP contribution in [0.2, 0.25) is 0 Å². The van der Waals surface area contributed by atoms with Gasteiger partial charge in [-0.15, -0.1) is 5.92 Å². The van der Waals surface area contributed by atoms with Gasteiger partial charge in [0.05, 0.1) is 0 Å². The monoisotopic (exact) mass is 168 g/mol. The van der Waals surface area contributed by atoms with Crippen LogP contribution >= 0.6 is 0 Å². The van der Waals surface area contributed by atoms with Crippen molar-refractivity contribution in [3.63, 3.8) is 0 Å². The van der Waals surface area contributed by atoms with Gasteiger partial charge in [0.1, 0.15) is 0 Å². The number of hydrogen-bond acceptors (Lipinski definition) is 3. The van der Waals surface area contributed by atoms with Crippen LogP contribution in [0.5, 0.6) is 0 Å². The molecule has 1 rings (SSSR count). The molecule has 0 radical (unpaired) electrons. The fraction of sp³-hybridized carbons (Fsp3) is 0.667. The lowest BCUT2D eigenvalue weighted by molar-refractivity contribution is 0.0349. The van der Waals surface area contributed by atoms with E-state index in [9.17, 15) is 4.79 Å². The van der Waals surface area contributed by atoms with E-state index in [1.807, 2.05) is 0 Å². The highest BCUT2D eigenvalue weighted by atomic mass is 16.8. The van der Waals surface area contributed by atoms with Gasteiger partial charge in [0, 0.05) is 0 Å². The molecule has 0 N–H and O–H groups in total. The fourth-order valence-electron chi connectivity index (χ4n) is 1.03. The third-order valence-corrected chi connectivity index (χ3v) is 2.14. The lowest BCUT2D eigenvalue weighted by atomic mass is 9.88. The summed E-state index contributed by atoms with van der Waals surface area (Å²) in [5.41, 5.74) is -1.49. The summed E-state index contributed by atoms with van der Waals surface area (Å²) >= 11 is 0. The van der Waals surface area contributed by atoms with Crippen LogP contribution in [0.15, 0.2) is 0 Å². The maximum Gasteiger partial charge on any atom is 0.510 e. The highest BCUT2D eigenvalue weighted by molar-refractivity contribution is 5.65. The van der Waals surface area contributed by atoms with Crippen molar-refractivity contribution in [3.05, 3.63) is 0 Å². The minimum Gasteiger partial charge on any atom is -0.423 e. The first-order chi connectivity index (χ1) is 5.41. The Morgan fingerprint density at radius 3 is 2.17 bits per heavy atom. The van der Waals surface area contributed by atoms with Crippen LogP contribution in [0, 0.1) is 11.8 Å². The van der Waals surface area contributed by atoms with Gasteiger partial charge in [-0.1, -0.05) is 5.92 Å². The lowest BCUT2D eigenvalue weighted by Gasteiger charge is -2.27. The second-order valence-corrected chi connectivity index (χ2v) is 3.37. The van der Waals surface area contributed by atoms with E-state index in [1.54, 1.807) is 27.7 Å². The molecule has 1 aliphatic rings. The molecule has 1 unspecified atom stereocenters. The van der Waals surface area contributed by atoms with Crippen molar-refractivity contribution in [3.8, 4) is 11.8 Å². The summed E-state index contributed by atoms with van der Waals surface area (Å²) < 4.78 is 9.92. The van der Waals surface area contributed by atoms with Gasteiger partial charge in [-0.25, -0.2) is 4.79 Å². The van der Waals surface area contributed by atoms with Gasteiger partial charge in [0.25, 0.3) is 0 Å². The molecule has 1 saturated heterocycles. The molecule has 3 heteroatoms. The van der Waals surface area contributed by atoms with Crippen LogP contribution in [0.4, 0.5) is 4.79 Å². The molecule has 0 aromatic heterocycles. The normalized spacial score (nSPS) is 31.5. The third kappa shape index (κ3) is 1.14. The van der Waals surface area contributed by atoms with Crippen molar-refractivity contribution in [2.24, 2.45) is 0 Å². The highest BCUT2D eigenvalue weighted by Crippen LogP contribution is 2.35. The summed E-state index contributed by atoms with van der Waals surface area (Å²) in [7, 11) is 0. The summed E-state index contributed by atoms with van der Waals surface area (Å²) in [5, 5.41) is 0. The van der Waals surface area contributed by atoms with E-state index >= 15 is 0 Å². The Balaban J connectivity index is 3.02. The van der Waals surface area contributed by atoms with Crippen molar-refractivity contribution in [2.45, 2.75) is 38.9 Å². The van der Waals surface area contributed by atoms with Crippen molar-refractivity contribution in [2.75, 3.05) is 0 Å². The minimum atomic E-state index is -0.821. The molecule has 0 bridgehead atoms. The van der Waals surface area contributed by atoms with Gasteiger partial charge < -0.3 is 9.47 Å². The van der Waals surface area contributed by atoms with Crippen LogP contribution in [-0.2, 0) is 9.47 Å². The average Bonchev–Trinajstić information content (AvgIpc) is 2.02. The molecule has 12 heavy (non-hydrogen) atoms. The van der Waals surface area contributed by atoms with Crippen molar-refractivity contribution in [1.29, 1.82) is 0 Å².